The lowest BCUT2D eigenvalue weighted by molar-refractivity contribution is 0.178. The van der Waals surface area contributed by atoms with Crippen LogP contribution in [0.4, 0.5) is 0 Å². The van der Waals surface area contributed by atoms with Crippen LogP contribution in [0.15, 0.2) is 42.5 Å². The number of aliphatic hydroxyl groups is 1. The fourth-order valence-electron chi connectivity index (χ4n) is 2.17. The summed E-state index contributed by atoms with van der Waals surface area (Å²) < 4.78 is 15.6. The molecule has 2 aromatic carbocycles. The molecule has 0 aliphatic rings. The molecule has 2 rings (SSSR count). The number of aliphatic hydroxyl groups excluding tert-OH is 1. The van der Waals surface area contributed by atoms with Crippen LogP contribution < -0.4 is 14.2 Å². The normalized spacial score (nSPS) is 11.8. The first-order chi connectivity index (χ1) is 10.2. The largest absolute Gasteiger partial charge is 0.497 e. The molecule has 4 heteroatoms. The van der Waals surface area contributed by atoms with Gasteiger partial charge in [0.15, 0.2) is 11.5 Å². The van der Waals surface area contributed by atoms with Crippen LogP contribution >= 0.6 is 0 Å². The van der Waals surface area contributed by atoms with Crippen molar-refractivity contribution >= 4 is 0 Å². The van der Waals surface area contributed by atoms with Crippen molar-refractivity contribution in [3.05, 3.63) is 53.6 Å². The molecule has 0 radical (unpaired) electrons. The van der Waals surface area contributed by atoms with Gasteiger partial charge in [-0.15, -0.1) is 0 Å². The Balaban J connectivity index is 2.12. The maximum Gasteiger partial charge on any atom is 0.160 e. The van der Waals surface area contributed by atoms with Gasteiger partial charge in [0, 0.05) is 6.42 Å². The summed E-state index contributed by atoms with van der Waals surface area (Å²) in [6.45, 7) is 0. The van der Waals surface area contributed by atoms with Crippen LogP contribution in [-0.2, 0) is 6.42 Å². The Morgan fingerprint density at radius 1 is 0.857 bits per heavy atom. The highest BCUT2D eigenvalue weighted by Crippen LogP contribution is 2.29. The molecular weight excluding hydrogens is 268 g/mol. The van der Waals surface area contributed by atoms with Gasteiger partial charge < -0.3 is 19.3 Å². The third-order valence-electron chi connectivity index (χ3n) is 3.38. The number of rotatable bonds is 6. The molecule has 112 valence electrons. The lowest BCUT2D eigenvalue weighted by Crippen LogP contribution is -2.02. The molecule has 0 saturated carbocycles. The summed E-state index contributed by atoms with van der Waals surface area (Å²) in [7, 11) is 4.82. The van der Waals surface area contributed by atoms with Crippen LogP contribution in [0.25, 0.3) is 0 Å². The number of hydrogen-bond acceptors (Lipinski definition) is 4. The Bertz CT molecular complexity index is 578. The monoisotopic (exact) mass is 288 g/mol. The van der Waals surface area contributed by atoms with Gasteiger partial charge in [-0.1, -0.05) is 18.2 Å². The van der Waals surface area contributed by atoms with Crippen molar-refractivity contribution in [2.45, 2.75) is 12.5 Å². The summed E-state index contributed by atoms with van der Waals surface area (Å²) in [6, 6.07) is 13.1. The van der Waals surface area contributed by atoms with Crippen molar-refractivity contribution in [2.24, 2.45) is 0 Å². The molecule has 2 aromatic rings. The van der Waals surface area contributed by atoms with Gasteiger partial charge in [-0.2, -0.15) is 0 Å². The Kier molecular flexibility index (Phi) is 5.06. The number of hydrogen-bond donors (Lipinski definition) is 1. The molecule has 0 fully saturated rings. The molecule has 0 aliphatic heterocycles. The van der Waals surface area contributed by atoms with E-state index >= 15 is 0 Å². The van der Waals surface area contributed by atoms with Crippen molar-refractivity contribution in [2.75, 3.05) is 21.3 Å². The molecule has 0 aliphatic carbocycles. The van der Waals surface area contributed by atoms with E-state index in [0.717, 1.165) is 16.9 Å². The average molecular weight is 288 g/mol. The second-order valence-corrected chi connectivity index (χ2v) is 4.68. The zero-order chi connectivity index (χ0) is 15.2. The standard InChI is InChI=1S/C17H20O4/c1-19-14-7-5-13(6-8-14)15(18)10-12-4-9-16(20-2)17(11-12)21-3/h4-9,11,15,18H,10H2,1-3H3. The van der Waals surface area contributed by atoms with Crippen molar-refractivity contribution in [1.29, 1.82) is 0 Å². The Morgan fingerprint density at radius 3 is 2.10 bits per heavy atom. The molecule has 0 aromatic heterocycles. The van der Waals surface area contributed by atoms with Gasteiger partial charge >= 0.3 is 0 Å². The van der Waals surface area contributed by atoms with Crippen LogP contribution in [0.2, 0.25) is 0 Å². The fraction of sp³-hybridized carbons (Fsp3) is 0.294. The highest BCUT2D eigenvalue weighted by atomic mass is 16.5. The van der Waals surface area contributed by atoms with E-state index in [-0.39, 0.29) is 0 Å². The molecular formula is C17H20O4. The second-order valence-electron chi connectivity index (χ2n) is 4.68. The summed E-state index contributed by atoms with van der Waals surface area (Å²) >= 11 is 0. The zero-order valence-electron chi connectivity index (χ0n) is 12.5. The highest BCUT2D eigenvalue weighted by Gasteiger charge is 2.11. The third kappa shape index (κ3) is 3.67. The van der Waals surface area contributed by atoms with E-state index in [1.807, 2.05) is 42.5 Å². The summed E-state index contributed by atoms with van der Waals surface area (Å²) in [4.78, 5) is 0. The van der Waals surface area contributed by atoms with Crippen LogP contribution in [0, 0.1) is 0 Å². The molecule has 0 spiro atoms. The quantitative estimate of drug-likeness (QED) is 0.887. The molecule has 1 N–H and O–H groups in total. The van der Waals surface area contributed by atoms with Crippen LogP contribution in [-0.4, -0.2) is 26.4 Å². The van der Waals surface area contributed by atoms with E-state index in [2.05, 4.69) is 0 Å². The van der Waals surface area contributed by atoms with E-state index in [4.69, 9.17) is 14.2 Å². The minimum absolute atomic E-state index is 0.507. The molecule has 0 bridgehead atoms. The molecule has 21 heavy (non-hydrogen) atoms. The molecule has 0 amide bonds. The molecule has 0 saturated heterocycles. The summed E-state index contributed by atoms with van der Waals surface area (Å²) in [5, 5.41) is 10.3. The van der Waals surface area contributed by atoms with Gasteiger partial charge in [-0.3, -0.25) is 0 Å². The van der Waals surface area contributed by atoms with E-state index in [1.165, 1.54) is 0 Å². The number of benzene rings is 2. The predicted octanol–water partition coefficient (Wildman–Crippen LogP) is 2.99. The van der Waals surface area contributed by atoms with Gasteiger partial charge in [0.2, 0.25) is 0 Å². The molecule has 0 heterocycles. The van der Waals surface area contributed by atoms with Gasteiger partial charge in [0.05, 0.1) is 27.4 Å². The van der Waals surface area contributed by atoms with Crippen LogP contribution in [0.3, 0.4) is 0 Å². The minimum Gasteiger partial charge on any atom is -0.497 e. The first-order valence-electron chi connectivity index (χ1n) is 6.71. The fourth-order valence-corrected chi connectivity index (χ4v) is 2.17. The first-order valence-corrected chi connectivity index (χ1v) is 6.71. The van der Waals surface area contributed by atoms with Crippen molar-refractivity contribution < 1.29 is 19.3 Å². The van der Waals surface area contributed by atoms with E-state index < -0.39 is 6.10 Å². The Labute approximate surface area is 124 Å². The van der Waals surface area contributed by atoms with Crippen LogP contribution in [0.1, 0.15) is 17.2 Å². The van der Waals surface area contributed by atoms with E-state index in [9.17, 15) is 5.11 Å². The average Bonchev–Trinajstić information content (AvgIpc) is 2.54. The highest BCUT2D eigenvalue weighted by molar-refractivity contribution is 5.43. The second kappa shape index (κ2) is 6.99. The summed E-state index contributed by atoms with van der Waals surface area (Å²) in [5.74, 6) is 2.12. The third-order valence-corrected chi connectivity index (χ3v) is 3.38. The summed E-state index contributed by atoms with van der Waals surface area (Å²) in [5.41, 5.74) is 1.83. The Hall–Kier alpha value is -2.20. The first kappa shape index (κ1) is 15.2. The zero-order valence-corrected chi connectivity index (χ0v) is 12.5. The Morgan fingerprint density at radius 2 is 1.52 bits per heavy atom. The molecule has 1 unspecified atom stereocenters. The van der Waals surface area contributed by atoms with E-state index in [0.29, 0.717) is 17.9 Å². The lowest BCUT2D eigenvalue weighted by atomic mass is 10.0. The molecule has 4 nitrogen and oxygen atoms in total. The topological polar surface area (TPSA) is 47.9 Å². The van der Waals surface area contributed by atoms with E-state index in [1.54, 1.807) is 21.3 Å². The lowest BCUT2D eigenvalue weighted by Gasteiger charge is -2.14. The van der Waals surface area contributed by atoms with Crippen molar-refractivity contribution in [3.63, 3.8) is 0 Å². The number of methoxy groups -OCH3 is 3. The maximum absolute atomic E-state index is 10.3. The van der Waals surface area contributed by atoms with Crippen LogP contribution in [0.5, 0.6) is 17.2 Å². The minimum atomic E-state index is -0.575. The van der Waals surface area contributed by atoms with Gasteiger partial charge in [0.1, 0.15) is 5.75 Å². The van der Waals surface area contributed by atoms with Crippen molar-refractivity contribution in [3.8, 4) is 17.2 Å². The number of ether oxygens (including phenoxy) is 3. The molecule has 1 atom stereocenters. The van der Waals surface area contributed by atoms with Gasteiger partial charge in [0.25, 0.3) is 0 Å². The SMILES string of the molecule is COc1ccc(C(O)Cc2ccc(OC)c(OC)c2)cc1. The smallest absolute Gasteiger partial charge is 0.160 e. The van der Waals surface area contributed by atoms with Gasteiger partial charge in [-0.25, -0.2) is 0 Å². The van der Waals surface area contributed by atoms with Crippen molar-refractivity contribution in [1.82, 2.24) is 0 Å². The predicted molar refractivity (Wildman–Crippen MR) is 81.2 cm³/mol. The maximum atomic E-state index is 10.3. The summed E-state index contributed by atoms with van der Waals surface area (Å²) in [6.07, 6.45) is -0.0684. The van der Waals surface area contributed by atoms with Gasteiger partial charge in [-0.05, 0) is 35.4 Å².